The molecule has 1 aliphatic heterocycles. The lowest BCUT2D eigenvalue weighted by atomic mass is 10.2. The molecule has 90 valence electrons. The second kappa shape index (κ2) is 3.09. The van der Waals surface area contributed by atoms with Gasteiger partial charge in [-0.05, 0) is 6.42 Å². The molecule has 0 bridgehead atoms. The van der Waals surface area contributed by atoms with Gasteiger partial charge in [-0.1, -0.05) is 0 Å². The van der Waals surface area contributed by atoms with Crippen LogP contribution in [0, 0.1) is 5.92 Å². The van der Waals surface area contributed by atoms with Crippen molar-refractivity contribution in [3.05, 3.63) is 0 Å². The highest BCUT2D eigenvalue weighted by Crippen LogP contribution is 2.53. The summed E-state index contributed by atoms with van der Waals surface area (Å²) in [5, 5.41) is 2.53. The number of carbonyl (C=O) groups excluding carboxylic acids is 2. The molecule has 0 radical (unpaired) electrons. The average molecular weight is 238 g/mol. The van der Waals surface area contributed by atoms with Crippen LogP contribution in [0.25, 0.3) is 0 Å². The molecular formula is C8H9F3N2O3. The molecule has 3 unspecified atom stereocenters. The van der Waals surface area contributed by atoms with Gasteiger partial charge in [0, 0.05) is 12.3 Å². The topological polar surface area (TPSA) is 81.4 Å². The van der Waals surface area contributed by atoms with Crippen molar-refractivity contribution in [2.24, 2.45) is 11.7 Å². The first-order valence-corrected chi connectivity index (χ1v) is 4.62. The van der Waals surface area contributed by atoms with Gasteiger partial charge in [0.25, 0.3) is 0 Å². The Kier molecular flexibility index (Phi) is 2.16. The zero-order valence-electron chi connectivity index (χ0n) is 8.00. The van der Waals surface area contributed by atoms with Crippen LogP contribution in [0.5, 0.6) is 0 Å². The zero-order valence-corrected chi connectivity index (χ0v) is 8.00. The number of nitrogens with two attached hydrogens (primary N) is 1. The third-order valence-corrected chi connectivity index (χ3v) is 2.84. The van der Waals surface area contributed by atoms with Crippen LogP contribution in [0.3, 0.4) is 0 Å². The number of esters is 1. The molecule has 1 saturated carbocycles. The fraction of sp³-hybridized carbons (Fsp3) is 0.750. The molecule has 5 nitrogen and oxygen atoms in total. The first-order chi connectivity index (χ1) is 7.24. The third-order valence-electron chi connectivity index (χ3n) is 2.84. The van der Waals surface area contributed by atoms with E-state index >= 15 is 0 Å². The maximum absolute atomic E-state index is 12.0. The molecule has 1 aliphatic carbocycles. The second-order valence-electron chi connectivity index (χ2n) is 4.01. The van der Waals surface area contributed by atoms with Gasteiger partial charge in [0.1, 0.15) is 0 Å². The van der Waals surface area contributed by atoms with E-state index in [-0.39, 0.29) is 5.92 Å². The minimum atomic E-state index is -5.02. The quantitative estimate of drug-likeness (QED) is 0.644. The normalized spacial score (nSPS) is 36.7. The first kappa shape index (κ1) is 11.2. The number of fused-ring (bicyclic) bond motifs is 1. The van der Waals surface area contributed by atoms with Gasteiger partial charge in [0.05, 0.1) is 6.04 Å². The molecule has 1 amide bonds. The van der Waals surface area contributed by atoms with Crippen molar-refractivity contribution in [3.8, 4) is 0 Å². The number of halogens is 3. The highest BCUT2D eigenvalue weighted by atomic mass is 19.4. The van der Waals surface area contributed by atoms with Crippen LogP contribution in [0.15, 0.2) is 0 Å². The number of hydrogen-bond donors (Lipinski definition) is 2. The van der Waals surface area contributed by atoms with Crippen LogP contribution in [-0.2, 0) is 14.3 Å². The van der Waals surface area contributed by atoms with E-state index in [2.05, 4.69) is 10.1 Å². The number of amides is 1. The molecule has 16 heavy (non-hydrogen) atoms. The number of piperidine rings is 1. The Morgan fingerprint density at radius 3 is 2.50 bits per heavy atom. The summed E-state index contributed by atoms with van der Waals surface area (Å²) in [7, 11) is 0. The summed E-state index contributed by atoms with van der Waals surface area (Å²) < 4.78 is 40.2. The Balaban J connectivity index is 1.98. The highest BCUT2D eigenvalue weighted by Gasteiger charge is 2.66. The summed E-state index contributed by atoms with van der Waals surface area (Å²) in [6, 6.07) is -0.722. The summed E-state index contributed by atoms with van der Waals surface area (Å²) in [5.41, 5.74) is 3.66. The van der Waals surface area contributed by atoms with Crippen LogP contribution in [0.2, 0.25) is 0 Å². The lowest BCUT2D eigenvalue weighted by Crippen LogP contribution is -2.46. The zero-order chi connectivity index (χ0) is 12.1. The van der Waals surface area contributed by atoms with E-state index < -0.39 is 29.8 Å². The summed E-state index contributed by atoms with van der Waals surface area (Å²) >= 11 is 0. The number of primary amides is 1. The van der Waals surface area contributed by atoms with Crippen molar-refractivity contribution in [1.82, 2.24) is 5.32 Å². The van der Waals surface area contributed by atoms with E-state index in [1.54, 1.807) is 0 Å². The average Bonchev–Trinajstić information content (AvgIpc) is 2.65. The van der Waals surface area contributed by atoms with Crippen LogP contribution in [-0.4, -0.2) is 29.8 Å². The van der Waals surface area contributed by atoms with Gasteiger partial charge < -0.3 is 10.5 Å². The summed E-state index contributed by atoms with van der Waals surface area (Å²) in [5.74, 6) is -3.15. The molecule has 0 spiro atoms. The van der Waals surface area contributed by atoms with Crippen LogP contribution >= 0.6 is 0 Å². The van der Waals surface area contributed by atoms with E-state index in [1.165, 1.54) is 0 Å². The predicted octanol–water partition coefficient (Wildman–Crippen LogP) is -0.345. The Labute approximate surface area is 88.1 Å². The van der Waals surface area contributed by atoms with E-state index in [9.17, 15) is 22.8 Å². The predicted molar refractivity (Wildman–Crippen MR) is 43.7 cm³/mol. The minimum absolute atomic E-state index is 0.253. The summed E-state index contributed by atoms with van der Waals surface area (Å²) in [6.07, 6.45) is -4.42. The SMILES string of the molecule is NC(=O)C1CC2CC2(OC(=O)C(F)(F)F)N1. The van der Waals surface area contributed by atoms with E-state index in [1.807, 2.05) is 0 Å². The van der Waals surface area contributed by atoms with Gasteiger partial charge in [0.15, 0.2) is 5.72 Å². The fourth-order valence-electron chi connectivity index (χ4n) is 1.96. The summed E-state index contributed by atoms with van der Waals surface area (Å²) in [6.45, 7) is 0. The monoisotopic (exact) mass is 238 g/mol. The number of rotatable bonds is 2. The Hall–Kier alpha value is -1.31. The molecule has 2 rings (SSSR count). The molecule has 3 atom stereocenters. The second-order valence-corrected chi connectivity index (χ2v) is 4.01. The highest BCUT2D eigenvalue weighted by molar-refractivity contribution is 5.81. The number of ether oxygens (including phenoxy) is 1. The van der Waals surface area contributed by atoms with Crippen molar-refractivity contribution in [3.63, 3.8) is 0 Å². The number of carbonyl (C=O) groups is 2. The Bertz CT molecular complexity index is 357. The van der Waals surface area contributed by atoms with Crippen molar-refractivity contribution in [2.45, 2.75) is 30.8 Å². The molecule has 0 aromatic carbocycles. The molecule has 8 heteroatoms. The molecular weight excluding hydrogens is 229 g/mol. The lowest BCUT2D eigenvalue weighted by molar-refractivity contribution is -0.208. The van der Waals surface area contributed by atoms with Crippen LogP contribution in [0.1, 0.15) is 12.8 Å². The van der Waals surface area contributed by atoms with Gasteiger partial charge in [-0.3, -0.25) is 10.1 Å². The number of alkyl halides is 3. The maximum atomic E-state index is 12.0. The van der Waals surface area contributed by atoms with E-state index in [0.717, 1.165) is 0 Å². The Morgan fingerprint density at radius 2 is 2.06 bits per heavy atom. The number of nitrogens with one attached hydrogen (secondary N) is 1. The molecule has 1 heterocycles. The largest absolute Gasteiger partial charge is 0.490 e. The lowest BCUT2D eigenvalue weighted by Gasteiger charge is -2.18. The Morgan fingerprint density at radius 1 is 1.44 bits per heavy atom. The summed E-state index contributed by atoms with van der Waals surface area (Å²) in [4.78, 5) is 21.4. The number of hydrogen-bond acceptors (Lipinski definition) is 4. The van der Waals surface area contributed by atoms with Crippen molar-refractivity contribution < 1.29 is 27.5 Å². The molecule has 3 N–H and O–H groups in total. The first-order valence-electron chi connectivity index (χ1n) is 4.62. The maximum Gasteiger partial charge on any atom is 0.490 e. The molecule has 2 aliphatic rings. The van der Waals surface area contributed by atoms with Crippen molar-refractivity contribution in [1.29, 1.82) is 0 Å². The fourth-order valence-corrected chi connectivity index (χ4v) is 1.96. The van der Waals surface area contributed by atoms with Crippen molar-refractivity contribution in [2.75, 3.05) is 0 Å². The van der Waals surface area contributed by atoms with Gasteiger partial charge in [-0.2, -0.15) is 13.2 Å². The smallest absolute Gasteiger partial charge is 0.437 e. The molecule has 0 aromatic rings. The molecule has 2 fully saturated rings. The molecule has 1 saturated heterocycles. The minimum Gasteiger partial charge on any atom is -0.437 e. The van der Waals surface area contributed by atoms with Gasteiger partial charge >= 0.3 is 12.1 Å². The van der Waals surface area contributed by atoms with Gasteiger partial charge in [-0.15, -0.1) is 0 Å². The third kappa shape index (κ3) is 1.73. The van der Waals surface area contributed by atoms with Crippen LogP contribution < -0.4 is 11.1 Å². The van der Waals surface area contributed by atoms with Gasteiger partial charge in [-0.25, -0.2) is 4.79 Å². The van der Waals surface area contributed by atoms with E-state index in [0.29, 0.717) is 12.8 Å². The molecule has 0 aromatic heterocycles. The standard InChI is InChI=1S/C8H9F3N2O3/c9-8(10,11)6(15)16-7-2-3(7)1-4(13-7)5(12)14/h3-4,13H,1-2H2,(H2,12,14). The van der Waals surface area contributed by atoms with Gasteiger partial charge in [0.2, 0.25) is 5.91 Å². The van der Waals surface area contributed by atoms with Crippen molar-refractivity contribution >= 4 is 11.9 Å². The van der Waals surface area contributed by atoms with Crippen LogP contribution in [0.4, 0.5) is 13.2 Å². The van der Waals surface area contributed by atoms with E-state index in [4.69, 9.17) is 5.73 Å².